The zero-order chi connectivity index (χ0) is 107. The molecule has 0 aliphatic carbocycles. The molecule has 828 valence electrons. The number of aliphatic hydroxyl groups is 12. The van der Waals surface area contributed by atoms with E-state index in [2.05, 4.69) is 79.0 Å². The van der Waals surface area contributed by atoms with E-state index in [0.717, 1.165) is 13.5 Å². The summed E-state index contributed by atoms with van der Waals surface area (Å²) in [5, 5.41) is 160. The summed E-state index contributed by atoms with van der Waals surface area (Å²) in [7, 11) is -2.99. The van der Waals surface area contributed by atoms with Gasteiger partial charge in [0, 0.05) is 157 Å². The molecular weight excluding hydrogens is 1940 g/mol. The maximum Gasteiger partial charge on any atom is 0.471 e. The third-order valence-electron chi connectivity index (χ3n) is 23.6. The molecule has 1 aromatic rings. The van der Waals surface area contributed by atoms with Crippen LogP contribution < -0.4 is 79.2 Å². The zero-order valence-corrected chi connectivity index (χ0v) is 83.8. The van der Waals surface area contributed by atoms with Crippen molar-refractivity contribution in [1.82, 2.24) is 74.4 Å². The Morgan fingerprint density at radius 1 is 0.324 bits per heavy atom. The molecule has 14 amide bonds. The van der Waals surface area contributed by atoms with E-state index in [-0.39, 0.29) is 216 Å². The van der Waals surface area contributed by atoms with E-state index in [1.54, 1.807) is 0 Å². The van der Waals surface area contributed by atoms with Crippen LogP contribution in [0.1, 0.15) is 215 Å². The molecule has 0 aromatic heterocycles. The van der Waals surface area contributed by atoms with Gasteiger partial charge in [0.05, 0.1) is 39.6 Å². The third-order valence-corrected chi connectivity index (χ3v) is 24.6. The fourth-order valence-corrected chi connectivity index (χ4v) is 16.2. The van der Waals surface area contributed by atoms with Crippen LogP contribution >= 0.6 is 7.82 Å². The minimum absolute atomic E-state index is 0.0118. The second-order valence-corrected chi connectivity index (χ2v) is 37.0. The maximum absolute atomic E-state index is 14.2. The van der Waals surface area contributed by atoms with E-state index in [4.69, 9.17) is 47.2 Å². The molecule has 53 nitrogen and oxygen atoms in total. The van der Waals surface area contributed by atoms with Crippen molar-refractivity contribution in [3.05, 3.63) is 29.3 Å². The van der Waals surface area contributed by atoms with Gasteiger partial charge >= 0.3 is 7.82 Å². The van der Waals surface area contributed by atoms with Gasteiger partial charge in [0.25, 0.3) is 11.8 Å². The molecule has 4 aliphatic rings. The molecular formula is C91H155N14O39P. The Bertz CT molecular complexity index is 3950. The van der Waals surface area contributed by atoms with Gasteiger partial charge in [-0.25, -0.2) is 4.57 Å². The molecule has 1 aromatic carbocycles. The number of ether oxygens (including phenoxy) is 9. The molecule has 145 heavy (non-hydrogen) atoms. The summed E-state index contributed by atoms with van der Waals surface area (Å²) in [6.45, 7) is 1.59. The zero-order valence-electron chi connectivity index (χ0n) is 82.9. The first-order chi connectivity index (χ1) is 69.2. The predicted octanol–water partition coefficient (Wildman–Crippen LogP) is -7.06. The molecule has 0 saturated carbocycles. The molecule has 5 rings (SSSR count). The standard InChI is InChI=1S/C91H155N14O39P/c1-53(110)100-72-80(124)76(120)62(49-106)141-88(72)136-40-20-12-28-67(115)93-33-17-10-24-60(104-70(118)30-14-22-42-138-90-74(102-55(3)112)82(126)78(122)64(51-108)143-90)86(130)98-37-35-96-84(128)57-46-58(48-59(47-57)135-45-39-95-69(117)27-9-8-26-66(114)92-32-16-6-7-19-44-140-145(132,133)134-5)85(129)97-36-38-99-87(131)61(105-71(119)31-15-23-43-139-91-75(103-56(4)113)83(127)79(123)65(52-109)144-91)25-11-18-34-94-68(116)29-13-21-41-137-89-73(101-54(2)111)81(125)77(121)63(50-107)142-89/h46-48,60-65,72-83,88-91,106-109,120-127H,6-45,49-52H2,1-5H3,(H,92,114)(H,93,115)(H,94,116)(H,95,117)(H,96,128)(H,97,129)(H,98,130)(H,99,131)(H,100,110)(H,101,111)(H,102,112)(H,103,113)(H,104,118)(H,105,119)(H,132,133)/t60-,61-,62?,63?,64?,65?,72?,73?,74?,75?,76?,77?,78?,79?,80?,81?,82?,83?,88?,89?,90?,91?/m0/s1. The lowest BCUT2D eigenvalue weighted by atomic mass is 9.97. The third kappa shape index (κ3) is 48.4. The molecule has 4 aliphatic heterocycles. The second-order valence-electron chi connectivity index (χ2n) is 35.5. The van der Waals surface area contributed by atoms with E-state index in [1.165, 1.54) is 45.9 Å². The molecule has 4 heterocycles. The molecule has 0 radical (unpaired) electrons. The van der Waals surface area contributed by atoms with Gasteiger partial charge in [-0.1, -0.05) is 12.8 Å². The van der Waals surface area contributed by atoms with E-state index in [0.29, 0.717) is 77.2 Å². The number of amides is 14. The van der Waals surface area contributed by atoms with Crippen LogP contribution in [0.5, 0.6) is 5.75 Å². The first-order valence-electron chi connectivity index (χ1n) is 49.4. The van der Waals surface area contributed by atoms with Crippen LogP contribution in [0, 0.1) is 0 Å². The molecule has 0 bridgehead atoms. The van der Waals surface area contributed by atoms with Gasteiger partial charge in [0.1, 0.15) is 122 Å². The first kappa shape index (κ1) is 126. The number of aliphatic hydroxyl groups excluding tert-OH is 12. The van der Waals surface area contributed by atoms with Crippen molar-refractivity contribution < 1.29 is 190 Å². The quantitative estimate of drug-likeness (QED) is 0.0213. The van der Waals surface area contributed by atoms with Crippen molar-refractivity contribution >= 4 is 90.5 Å². The van der Waals surface area contributed by atoms with Gasteiger partial charge in [0.15, 0.2) is 25.2 Å². The lowest BCUT2D eigenvalue weighted by Crippen LogP contribution is -2.64. The van der Waals surface area contributed by atoms with Gasteiger partial charge in [0.2, 0.25) is 70.9 Å². The molecule has 0 spiro atoms. The Hall–Kier alpha value is -9.09. The van der Waals surface area contributed by atoms with Gasteiger partial charge in [-0.05, 0) is 134 Å². The van der Waals surface area contributed by atoms with Crippen molar-refractivity contribution in [2.75, 3.05) is 126 Å². The van der Waals surface area contributed by atoms with E-state index < -0.39 is 228 Å². The van der Waals surface area contributed by atoms with Crippen LogP contribution in [0.3, 0.4) is 0 Å². The molecule has 4 saturated heterocycles. The van der Waals surface area contributed by atoms with E-state index in [1.807, 2.05) is 0 Å². The summed E-state index contributed by atoms with van der Waals surface area (Å²) in [4.78, 5) is 192. The number of carbonyl (C=O) groups excluding carboxylic acids is 14. The lowest BCUT2D eigenvalue weighted by Gasteiger charge is -2.42. The number of benzene rings is 1. The topological polar surface area (TPSA) is 789 Å². The lowest BCUT2D eigenvalue weighted by molar-refractivity contribution is -0.270. The normalized spacial score (nSPS) is 24.8. The number of hydrogen-bond donors (Lipinski definition) is 27. The number of phosphoric ester groups is 1. The summed E-state index contributed by atoms with van der Waals surface area (Å²) >= 11 is 0. The van der Waals surface area contributed by atoms with Crippen LogP contribution in [0.25, 0.3) is 0 Å². The molecule has 4 fully saturated rings. The molecule has 27 N–H and O–H groups in total. The highest BCUT2D eigenvalue weighted by molar-refractivity contribution is 7.47. The summed E-state index contributed by atoms with van der Waals surface area (Å²) in [6, 6.07) is -3.21. The Balaban J connectivity index is 1.24. The smallest absolute Gasteiger partial charge is 0.471 e. The summed E-state index contributed by atoms with van der Waals surface area (Å²) < 4.78 is 72.1. The average Bonchev–Trinajstić information content (AvgIpc) is 0.817. The highest BCUT2D eigenvalue weighted by atomic mass is 31.2. The van der Waals surface area contributed by atoms with Crippen molar-refractivity contribution in [3.63, 3.8) is 0 Å². The molecule has 54 heteroatoms. The summed E-state index contributed by atoms with van der Waals surface area (Å²) in [5.41, 5.74) is -0.253. The Morgan fingerprint density at radius 3 is 0.903 bits per heavy atom. The van der Waals surface area contributed by atoms with E-state index in [9.17, 15) is 138 Å². The number of hydrogen-bond acceptors (Lipinski definition) is 38. The van der Waals surface area contributed by atoms with Crippen LogP contribution in [-0.2, 0) is 109 Å². The van der Waals surface area contributed by atoms with Gasteiger partial charge in [-0.2, -0.15) is 0 Å². The Morgan fingerprint density at radius 2 is 0.600 bits per heavy atom. The van der Waals surface area contributed by atoms with Crippen molar-refractivity contribution in [1.29, 1.82) is 0 Å². The van der Waals surface area contributed by atoms with E-state index >= 15 is 0 Å². The van der Waals surface area contributed by atoms with Crippen LogP contribution in [-0.4, -0.2) is 409 Å². The number of rotatable bonds is 72. The second kappa shape index (κ2) is 70.0. The number of nitrogens with one attached hydrogen (secondary N) is 14. The number of unbranched alkanes of at least 4 members (excludes halogenated alkanes) is 10. The average molecular weight is 2100 g/mol. The number of phosphoric acid groups is 1. The molecule has 23 atom stereocenters. The SMILES string of the molecule is COP(=O)(O)OCCCCCCNC(=O)CCCCC(=O)NCCOc1cc(C(=O)NCCNC(=O)[C@H](CCCCNC(=O)CCCCOC2OC(CO)C(O)C(O)C2NC(C)=O)NC(=O)CCCCOC2OC(CO)C(O)C(O)C2NC(C)=O)cc(C(=O)NCCNC(=O)[C@H](CCCCNC(=O)CCCCOC2OC(CO)C(O)C(O)C2NC(C)=O)NC(=O)CCCCOC2OC(CO)C(O)C(O)C2NC(C)=O)c1. The minimum atomic E-state index is -4.06. The van der Waals surface area contributed by atoms with Gasteiger partial charge in [-0.15, -0.1) is 0 Å². The maximum atomic E-state index is 14.2. The van der Waals surface area contributed by atoms with Gasteiger partial charge in [-0.3, -0.25) is 76.2 Å². The van der Waals surface area contributed by atoms with Crippen LogP contribution in [0.4, 0.5) is 0 Å². The number of carbonyl (C=O) groups is 14. The van der Waals surface area contributed by atoms with Crippen molar-refractivity contribution in [2.24, 2.45) is 0 Å². The fraction of sp³-hybridized carbons (Fsp3) is 0.780. The van der Waals surface area contributed by atoms with Crippen molar-refractivity contribution in [3.8, 4) is 5.75 Å². The van der Waals surface area contributed by atoms with Gasteiger partial charge < -0.3 is 183 Å². The largest absolute Gasteiger partial charge is 0.492 e. The Kier molecular flexibility index (Phi) is 61.0. The first-order valence-corrected chi connectivity index (χ1v) is 50.9. The summed E-state index contributed by atoms with van der Waals surface area (Å²) in [6.07, 6.45) is -15.4. The van der Waals surface area contributed by atoms with Crippen LogP contribution in [0.15, 0.2) is 18.2 Å². The summed E-state index contributed by atoms with van der Waals surface area (Å²) in [5.74, 6) is -7.44. The van der Waals surface area contributed by atoms with Crippen LogP contribution in [0.2, 0.25) is 0 Å². The monoisotopic (exact) mass is 2100 g/mol. The highest BCUT2D eigenvalue weighted by Crippen LogP contribution is 2.42. The minimum Gasteiger partial charge on any atom is -0.492 e. The fourth-order valence-electron chi connectivity index (χ4n) is 15.7. The highest BCUT2D eigenvalue weighted by Gasteiger charge is 2.50. The molecule has 21 unspecified atom stereocenters. The van der Waals surface area contributed by atoms with Crippen molar-refractivity contribution in [2.45, 2.75) is 329 Å². The Labute approximate surface area is 841 Å². The predicted molar refractivity (Wildman–Crippen MR) is 507 cm³/mol.